The molecule has 0 aromatic heterocycles. The molecule has 1 heterocycles. The van der Waals surface area contributed by atoms with E-state index in [1.54, 1.807) is 0 Å². The van der Waals surface area contributed by atoms with Gasteiger partial charge in [-0.1, -0.05) is 18.6 Å². The van der Waals surface area contributed by atoms with Crippen LogP contribution in [0.5, 0.6) is 0 Å². The van der Waals surface area contributed by atoms with E-state index in [-0.39, 0.29) is 17.7 Å². The van der Waals surface area contributed by atoms with Crippen LogP contribution in [0.25, 0.3) is 0 Å². The number of nitrogens with zero attached hydrogens (tertiary/aromatic N) is 1. The fourth-order valence-corrected chi connectivity index (χ4v) is 4.03. The summed E-state index contributed by atoms with van der Waals surface area (Å²) in [4.78, 5) is 26.5. The molecule has 0 bridgehead atoms. The van der Waals surface area contributed by atoms with E-state index in [9.17, 15) is 9.59 Å². The molecule has 1 aliphatic carbocycles. The van der Waals surface area contributed by atoms with Crippen LogP contribution in [0.15, 0.2) is 24.3 Å². The maximum atomic E-state index is 12.4. The molecule has 0 spiro atoms. The largest absolute Gasteiger partial charge is 0.343 e. The highest BCUT2D eigenvalue weighted by Crippen LogP contribution is 2.31. The third kappa shape index (κ3) is 4.60. The normalized spacial score (nSPS) is 23.0. The lowest BCUT2D eigenvalue weighted by atomic mass is 9.95. The number of amides is 2. The van der Waals surface area contributed by atoms with Crippen LogP contribution in [0.4, 0.5) is 5.69 Å². The van der Waals surface area contributed by atoms with Gasteiger partial charge in [-0.2, -0.15) is 0 Å². The van der Waals surface area contributed by atoms with Crippen LogP contribution in [0, 0.1) is 11.8 Å². The van der Waals surface area contributed by atoms with Crippen molar-refractivity contribution in [3.05, 3.63) is 29.8 Å². The first-order valence-corrected chi connectivity index (χ1v) is 9.55. The Morgan fingerprint density at radius 3 is 2.48 bits per heavy atom. The molecule has 1 aromatic carbocycles. The minimum absolute atomic E-state index is 0.0442. The number of nitrogens with one attached hydrogen (secondary N) is 1. The lowest BCUT2D eigenvalue weighted by Gasteiger charge is -2.17. The highest BCUT2D eigenvalue weighted by molar-refractivity contribution is 5.93. The number of anilines is 1. The Hall–Kier alpha value is -1.88. The third-order valence-corrected chi connectivity index (χ3v) is 5.61. The zero-order valence-corrected chi connectivity index (χ0v) is 14.9. The lowest BCUT2D eigenvalue weighted by Crippen LogP contribution is -2.29. The monoisotopic (exact) mass is 343 g/mol. The van der Waals surface area contributed by atoms with Gasteiger partial charge in [0, 0.05) is 31.1 Å². The van der Waals surface area contributed by atoms with Crippen molar-refractivity contribution < 1.29 is 9.59 Å². The van der Waals surface area contributed by atoms with E-state index in [4.69, 9.17) is 5.73 Å². The summed E-state index contributed by atoms with van der Waals surface area (Å²) in [5.74, 6) is 0.701. The molecule has 2 atom stereocenters. The summed E-state index contributed by atoms with van der Waals surface area (Å²) in [5.41, 5.74) is 7.72. The SMILES string of the molecule is NC[C@H]1CCC[C@H]1C(=O)Nc1ccc(CCC(=O)N2CCCC2)cc1. The topological polar surface area (TPSA) is 75.4 Å². The molecular formula is C20H29N3O2. The van der Waals surface area contributed by atoms with Gasteiger partial charge in [-0.15, -0.1) is 0 Å². The smallest absolute Gasteiger partial charge is 0.227 e. The molecule has 1 aromatic rings. The molecular weight excluding hydrogens is 314 g/mol. The van der Waals surface area contributed by atoms with E-state index in [0.29, 0.717) is 18.9 Å². The minimum atomic E-state index is 0.0442. The quantitative estimate of drug-likeness (QED) is 0.833. The van der Waals surface area contributed by atoms with E-state index < -0.39 is 0 Å². The predicted octanol–water partition coefficient (Wildman–Crippen LogP) is 2.56. The number of nitrogens with two attached hydrogens (primary N) is 1. The summed E-state index contributed by atoms with van der Waals surface area (Å²) in [6.07, 6.45) is 6.65. The first kappa shape index (κ1) is 17.9. The van der Waals surface area contributed by atoms with Crippen molar-refractivity contribution >= 4 is 17.5 Å². The number of rotatable bonds is 6. The Morgan fingerprint density at radius 2 is 1.80 bits per heavy atom. The molecule has 3 N–H and O–H groups in total. The Morgan fingerprint density at radius 1 is 1.08 bits per heavy atom. The van der Waals surface area contributed by atoms with Gasteiger partial charge in [-0.25, -0.2) is 0 Å². The van der Waals surface area contributed by atoms with E-state index in [1.165, 1.54) is 0 Å². The molecule has 5 nitrogen and oxygen atoms in total. The van der Waals surface area contributed by atoms with Crippen LogP contribution in [-0.4, -0.2) is 36.3 Å². The summed E-state index contributed by atoms with van der Waals surface area (Å²) in [6, 6.07) is 7.86. The van der Waals surface area contributed by atoms with Gasteiger partial charge in [0.2, 0.25) is 11.8 Å². The fraction of sp³-hybridized carbons (Fsp3) is 0.600. The van der Waals surface area contributed by atoms with Crippen molar-refractivity contribution in [3.63, 3.8) is 0 Å². The van der Waals surface area contributed by atoms with Crippen molar-refractivity contribution in [2.24, 2.45) is 17.6 Å². The first-order valence-electron chi connectivity index (χ1n) is 9.55. The molecule has 2 amide bonds. The molecule has 2 aliphatic rings. The number of hydrogen-bond acceptors (Lipinski definition) is 3. The summed E-state index contributed by atoms with van der Waals surface area (Å²) in [7, 11) is 0. The van der Waals surface area contributed by atoms with Crippen LogP contribution in [0.3, 0.4) is 0 Å². The van der Waals surface area contributed by atoms with Gasteiger partial charge in [0.25, 0.3) is 0 Å². The van der Waals surface area contributed by atoms with E-state index in [2.05, 4.69) is 5.32 Å². The fourth-order valence-electron chi connectivity index (χ4n) is 4.03. The molecule has 136 valence electrons. The number of benzene rings is 1. The second kappa shape index (κ2) is 8.48. The zero-order valence-electron chi connectivity index (χ0n) is 14.9. The summed E-state index contributed by atoms with van der Waals surface area (Å²) in [6.45, 7) is 2.41. The molecule has 1 saturated carbocycles. The standard InChI is InChI=1S/C20H29N3O2/c21-14-16-4-3-5-18(16)20(25)22-17-9-6-15(7-10-17)8-11-19(24)23-12-1-2-13-23/h6-7,9-10,16,18H,1-5,8,11-14,21H2,(H,22,25)/t16-,18-/m1/s1. The Balaban J connectivity index is 1.48. The molecule has 25 heavy (non-hydrogen) atoms. The van der Waals surface area contributed by atoms with Gasteiger partial charge < -0.3 is 16.0 Å². The van der Waals surface area contributed by atoms with Crippen molar-refractivity contribution in [1.29, 1.82) is 0 Å². The van der Waals surface area contributed by atoms with Gasteiger partial charge in [0.05, 0.1) is 0 Å². The Bertz CT molecular complexity index is 593. The molecule has 0 radical (unpaired) electrons. The number of likely N-dealkylation sites (tertiary alicyclic amines) is 1. The van der Waals surface area contributed by atoms with Gasteiger partial charge >= 0.3 is 0 Å². The molecule has 1 saturated heterocycles. The molecule has 0 unspecified atom stereocenters. The third-order valence-electron chi connectivity index (χ3n) is 5.61. The number of carbonyl (C=O) groups is 2. The van der Waals surface area contributed by atoms with E-state index in [1.807, 2.05) is 29.2 Å². The molecule has 1 aliphatic heterocycles. The lowest BCUT2D eigenvalue weighted by molar-refractivity contribution is -0.130. The molecule has 5 heteroatoms. The van der Waals surface area contributed by atoms with Crippen LogP contribution >= 0.6 is 0 Å². The zero-order chi connectivity index (χ0) is 17.6. The Labute approximate surface area is 150 Å². The molecule has 3 rings (SSSR count). The highest BCUT2D eigenvalue weighted by atomic mass is 16.2. The van der Waals surface area contributed by atoms with Gasteiger partial charge in [0.1, 0.15) is 0 Å². The van der Waals surface area contributed by atoms with Crippen molar-refractivity contribution in [2.75, 3.05) is 25.0 Å². The minimum Gasteiger partial charge on any atom is -0.343 e. The van der Waals surface area contributed by atoms with E-state index >= 15 is 0 Å². The van der Waals surface area contributed by atoms with Crippen LogP contribution < -0.4 is 11.1 Å². The first-order chi connectivity index (χ1) is 12.2. The summed E-state index contributed by atoms with van der Waals surface area (Å²) in [5, 5.41) is 3.02. The van der Waals surface area contributed by atoms with Crippen molar-refractivity contribution in [2.45, 2.75) is 44.9 Å². The van der Waals surface area contributed by atoms with Gasteiger partial charge in [-0.3, -0.25) is 9.59 Å². The Kier molecular flexibility index (Phi) is 6.08. The summed E-state index contributed by atoms with van der Waals surface area (Å²) >= 11 is 0. The predicted molar refractivity (Wildman–Crippen MR) is 99.1 cm³/mol. The van der Waals surface area contributed by atoms with Crippen LogP contribution in [-0.2, 0) is 16.0 Å². The van der Waals surface area contributed by atoms with Crippen molar-refractivity contribution in [3.8, 4) is 0 Å². The van der Waals surface area contributed by atoms with Crippen LogP contribution in [0.1, 0.15) is 44.1 Å². The average Bonchev–Trinajstić information content (AvgIpc) is 3.32. The second-order valence-corrected chi connectivity index (χ2v) is 7.31. The maximum Gasteiger partial charge on any atom is 0.227 e. The number of hydrogen-bond donors (Lipinski definition) is 2. The highest BCUT2D eigenvalue weighted by Gasteiger charge is 2.31. The van der Waals surface area contributed by atoms with Gasteiger partial charge in [0.15, 0.2) is 0 Å². The summed E-state index contributed by atoms with van der Waals surface area (Å²) < 4.78 is 0. The number of carbonyl (C=O) groups excluding carboxylic acids is 2. The van der Waals surface area contributed by atoms with E-state index in [0.717, 1.165) is 62.9 Å². The number of aryl methyl sites for hydroxylation is 1. The van der Waals surface area contributed by atoms with Gasteiger partial charge in [-0.05, 0) is 62.3 Å². The maximum absolute atomic E-state index is 12.4. The molecule has 2 fully saturated rings. The van der Waals surface area contributed by atoms with Crippen LogP contribution in [0.2, 0.25) is 0 Å². The average molecular weight is 343 g/mol. The van der Waals surface area contributed by atoms with Crippen molar-refractivity contribution in [1.82, 2.24) is 4.90 Å². The second-order valence-electron chi connectivity index (χ2n) is 7.31.